The molecule has 0 aromatic carbocycles. The lowest BCUT2D eigenvalue weighted by molar-refractivity contribution is -0.161. The van der Waals surface area contributed by atoms with Crippen LogP contribution in [0.1, 0.15) is 383 Å². The highest BCUT2D eigenvalue weighted by Crippen LogP contribution is 2.45. The number of unbranched alkanes of at least 4 members (excludes halogenated alkanes) is 37. The molecule has 0 spiro atoms. The van der Waals surface area contributed by atoms with Crippen LogP contribution < -0.4 is 0 Å². The van der Waals surface area contributed by atoms with E-state index in [1.54, 1.807) is 0 Å². The Hall–Kier alpha value is -1.94. The second-order valence-electron chi connectivity index (χ2n) is 28.8. The molecule has 17 nitrogen and oxygen atoms in total. The van der Waals surface area contributed by atoms with Crippen LogP contribution in [0.2, 0.25) is 0 Å². The zero-order chi connectivity index (χ0) is 70.3. The van der Waals surface area contributed by atoms with Crippen LogP contribution in [0.5, 0.6) is 0 Å². The quantitative estimate of drug-likeness (QED) is 0.0222. The number of esters is 4. The van der Waals surface area contributed by atoms with Gasteiger partial charge in [-0.05, 0) is 49.4 Å². The van der Waals surface area contributed by atoms with Crippen molar-refractivity contribution in [3.8, 4) is 0 Å². The normalized spacial score (nSPS) is 14.7. The standard InChI is InChI=1S/C76H148O17P2/c1-9-68(7)54-46-38-29-23-19-17-15-13-11-12-14-16-18-20-24-32-42-50-58-75(80)92-72(63-87-74(79)57-49-41-35-34-37-45-53-67(5)6)65-91-95(84,85)89-61-70(77)60-88-94(82,83)90-64-71(93-76(81)59-51-43-33-27-26-30-39-47-55-69(8)10-2)62-86-73(78)56-48-40-31-25-21-22-28-36-44-52-66(3)4/h66-72,77H,9-65H2,1-8H3,(H,82,83)(H,84,85)/t68?,69?,70-,71-,72-/m1/s1. The monoisotopic (exact) mass is 1400 g/mol. The molecule has 0 fully saturated rings. The highest BCUT2D eigenvalue weighted by Gasteiger charge is 2.30. The molecule has 19 heteroatoms. The number of hydrogen-bond acceptors (Lipinski definition) is 15. The van der Waals surface area contributed by atoms with Crippen LogP contribution in [-0.4, -0.2) is 96.7 Å². The number of ether oxygens (including phenoxy) is 4. The molecule has 0 aliphatic heterocycles. The zero-order valence-electron chi connectivity index (χ0n) is 62.3. The van der Waals surface area contributed by atoms with E-state index >= 15 is 0 Å². The minimum absolute atomic E-state index is 0.104. The molecule has 0 amide bonds. The molecule has 7 atom stereocenters. The molecule has 4 unspecified atom stereocenters. The highest BCUT2D eigenvalue weighted by molar-refractivity contribution is 7.47. The number of aliphatic hydroxyl groups is 1. The van der Waals surface area contributed by atoms with Crippen LogP contribution in [-0.2, 0) is 65.4 Å². The number of aliphatic hydroxyl groups excluding tert-OH is 1. The fraction of sp³-hybridized carbons (Fsp3) is 0.947. The number of carbonyl (C=O) groups is 4. The Morgan fingerprint density at radius 2 is 0.505 bits per heavy atom. The number of carbonyl (C=O) groups excluding carboxylic acids is 4. The molecule has 0 saturated heterocycles. The average Bonchev–Trinajstić information content (AvgIpc) is 1.71. The lowest BCUT2D eigenvalue weighted by Crippen LogP contribution is -2.30. The maximum atomic E-state index is 13.1. The summed E-state index contributed by atoms with van der Waals surface area (Å²) in [5.74, 6) is 0.938. The van der Waals surface area contributed by atoms with Crippen LogP contribution in [0.3, 0.4) is 0 Å². The maximum absolute atomic E-state index is 13.1. The Kier molecular flexibility index (Phi) is 64.0. The molecular formula is C76H148O17P2. The fourth-order valence-electron chi connectivity index (χ4n) is 11.5. The lowest BCUT2D eigenvalue weighted by Gasteiger charge is -2.21. The van der Waals surface area contributed by atoms with Crippen molar-refractivity contribution in [3.05, 3.63) is 0 Å². The van der Waals surface area contributed by atoms with Crippen molar-refractivity contribution in [2.45, 2.75) is 401 Å². The molecule has 0 saturated carbocycles. The van der Waals surface area contributed by atoms with Gasteiger partial charge < -0.3 is 33.8 Å². The van der Waals surface area contributed by atoms with Gasteiger partial charge in [-0.2, -0.15) is 0 Å². The van der Waals surface area contributed by atoms with Gasteiger partial charge in [0.15, 0.2) is 12.2 Å². The Morgan fingerprint density at radius 1 is 0.295 bits per heavy atom. The molecule has 0 aliphatic rings. The van der Waals surface area contributed by atoms with E-state index in [1.807, 2.05) is 0 Å². The smallest absolute Gasteiger partial charge is 0.462 e. The second kappa shape index (κ2) is 65.4. The predicted octanol–water partition coefficient (Wildman–Crippen LogP) is 22.0. The molecule has 564 valence electrons. The van der Waals surface area contributed by atoms with E-state index in [-0.39, 0.29) is 25.7 Å². The van der Waals surface area contributed by atoms with E-state index in [9.17, 15) is 43.2 Å². The summed E-state index contributed by atoms with van der Waals surface area (Å²) in [6, 6.07) is 0. The summed E-state index contributed by atoms with van der Waals surface area (Å²) in [5, 5.41) is 10.6. The molecule has 0 aromatic rings. The minimum atomic E-state index is -4.96. The third kappa shape index (κ3) is 67.6. The van der Waals surface area contributed by atoms with E-state index in [0.29, 0.717) is 31.6 Å². The van der Waals surface area contributed by atoms with Gasteiger partial charge in [0.1, 0.15) is 19.3 Å². The molecule has 0 rings (SSSR count). The van der Waals surface area contributed by atoms with Crippen molar-refractivity contribution in [2.75, 3.05) is 39.6 Å². The first-order chi connectivity index (χ1) is 45.7. The molecule has 0 aromatic heterocycles. The summed E-state index contributed by atoms with van der Waals surface area (Å²) in [7, 11) is -9.91. The van der Waals surface area contributed by atoms with Crippen molar-refractivity contribution in [1.29, 1.82) is 0 Å². The van der Waals surface area contributed by atoms with E-state index in [1.165, 1.54) is 180 Å². The minimum Gasteiger partial charge on any atom is -0.462 e. The number of hydrogen-bond donors (Lipinski definition) is 3. The molecule has 0 bridgehead atoms. The number of phosphoric acid groups is 2. The van der Waals surface area contributed by atoms with Crippen LogP contribution in [0.25, 0.3) is 0 Å². The fourth-order valence-corrected chi connectivity index (χ4v) is 13.1. The first-order valence-corrected chi connectivity index (χ1v) is 42.3. The maximum Gasteiger partial charge on any atom is 0.472 e. The van der Waals surface area contributed by atoms with Crippen LogP contribution in [0, 0.1) is 23.7 Å². The Labute approximate surface area is 581 Å². The Morgan fingerprint density at radius 3 is 0.747 bits per heavy atom. The van der Waals surface area contributed by atoms with Crippen LogP contribution in [0.4, 0.5) is 0 Å². The Balaban J connectivity index is 5.16. The van der Waals surface area contributed by atoms with Crippen molar-refractivity contribution in [1.82, 2.24) is 0 Å². The van der Waals surface area contributed by atoms with Gasteiger partial charge in [-0.3, -0.25) is 37.3 Å². The van der Waals surface area contributed by atoms with Crippen molar-refractivity contribution >= 4 is 39.5 Å². The van der Waals surface area contributed by atoms with Gasteiger partial charge in [-0.1, -0.05) is 331 Å². The summed E-state index contributed by atoms with van der Waals surface area (Å²) >= 11 is 0. The lowest BCUT2D eigenvalue weighted by atomic mass is 9.99. The molecule has 0 aliphatic carbocycles. The third-order valence-electron chi connectivity index (χ3n) is 18.3. The molecule has 0 heterocycles. The second-order valence-corrected chi connectivity index (χ2v) is 31.7. The van der Waals surface area contributed by atoms with Crippen LogP contribution in [0.15, 0.2) is 0 Å². The van der Waals surface area contributed by atoms with Crippen molar-refractivity contribution in [3.63, 3.8) is 0 Å². The summed E-state index contributed by atoms with van der Waals surface area (Å²) < 4.78 is 68.4. The van der Waals surface area contributed by atoms with Crippen LogP contribution >= 0.6 is 15.6 Å². The van der Waals surface area contributed by atoms with E-state index in [4.69, 9.17) is 37.0 Å². The van der Waals surface area contributed by atoms with E-state index in [0.717, 1.165) is 114 Å². The van der Waals surface area contributed by atoms with Crippen molar-refractivity contribution < 1.29 is 80.2 Å². The summed E-state index contributed by atoms with van der Waals surface area (Å²) in [4.78, 5) is 72.7. The predicted molar refractivity (Wildman–Crippen MR) is 386 cm³/mol. The van der Waals surface area contributed by atoms with Gasteiger partial charge in [0.2, 0.25) is 0 Å². The molecule has 0 radical (unpaired) electrons. The van der Waals surface area contributed by atoms with E-state index < -0.39 is 97.5 Å². The molecule has 95 heavy (non-hydrogen) atoms. The molecular weight excluding hydrogens is 1250 g/mol. The summed E-state index contributed by atoms with van der Waals surface area (Å²) in [5.41, 5.74) is 0. The SMILES string of the molecule is CCC(C)CCCCCCCCCCCCCCCCCCCCC(=O)O[C@H](COC(=O)CCCCCCCCC(C)C)COP(=O)(O)OC[C@H](O)COP(=O)(O)OC[C@@H](COC(=O)CCCCCCCCCCCC(C)C)OC(=O)CCCCCCCCCCC(C)CC. The van der Waals surface area contributed by atoms with E-state index in [2.05, 4.69) is 55.4 Å². The van der Waals surface area contributed by atoms with Gasteiger partial charge in [0.25, 0.3) is 0 Å². The topological polar surface area (TPSA) is 237 Å². The highest BCUT2D eigenvalue weighted by atomic mass is 31.2. The van der Waals surface area contributed by atoms with Crippen molar-refractivity contribution in [2.24, 2.45) is 23.7 Å². The Bertz CT molecular complexity index is 1870. The van der Waals surface area contributed by atoms with Gasteiger partial charge in [0.05, 0.1) is 26.4 Å². The third-order valence-corrected chi connectivity index (χ3v) is 20.2. The van der Waals surface area contributed by atoms with Gasteiger partial charge in [0, 0.05) is 25.7 Å². The van der Waals surface area contributed by atoms with Gasteiger partial charge in [-0.25, -0.2) is 9.13 Å². The average molecular weight is 1400 g/mol. The largest absolute Gasteiger partial charge is 0.472 e. The van der Waals surface area contributed by atoms with Gasteiger partial charge >= 0.3 is 39.5 Å². The summed E-state index contributed by atoms with van der Waals surface area (Å²) in [6.45, 7) is 14.2. The number of rotatable bonds is 73. The first kappa shape index (κ1) is 93.1. The number of phosphoric ester groups is 2. The van der Waals surface area contributed by atoms with Gasteiger partial charge in [-0.15, -0.1) is 0 Å². The summed E-state index contributed by atoms with van der Waals surface area (Å²) in [6.07, 6.45) is 50.2. The molecule has 3 N–H and O–H groups in total. The first-order valence-electron chi connectivity index (χ1n) is 39.3. The zero-order valence-corrected chi connectivity index (χ0v) is 64.1.